The van der Waals surface area contributed by atoms with Gasteiger partial charge in [0.1, 0.15) is 11.5 Å². The molecule has 0 unspecified atom stereocenters. The Kier molecular flexibility index (Phi) is 6.16. The number of sulfonamides is 1. The van der Waals surface area contributed by atoms with Gasteiger partial charge in [0.05, 0.1) is 18.4 Å². The molecule has 0 amide bonds. The third kappa shape index (κ3) is 5.36. The van der Waals surface area contributed by atoms with E-state index in [2.05, 4.69) is 5.32 Å². The number of piperidine rings is 1. The van der Waals surface area contributed by atoms with Crippen molar-refractivity contribution in [2.24, 2.45) is 5.92 Å². The minimum absolute atomic E-state index is 0.405. The van der Waals surface area contributed by atoms with Gasteiger partial charge in [-0.3, -0.25) is 0 Å². The van der Waals surface area contributed by atoms with E-state index in [1.54, 1.807) is 12.1 Å². The lowest BCUT2D eigenvalue weighted by atomic mass is 9.98. The first-order valence-corrected chi connectivity index (χ1v) is 10.9. The van der Waals surface area contributed by atoms with Crippen LogP contribution in [0.5, 0.6) is 0 Å². The number of rotatable bonds is 6. The summed E-state index contributed by atoms with van der Waals surface area (Å²) in [5, 5.41) is 3.31. The van der Waals surface area contributed by atoms with Gasteiger partial charge in [-0.25, -0.2) is 12.7 Å². The number of furan rings is 1. The Hall–Kier alpha value is -1.84. The highest BCUT2D eigenvalue weighted by atomic mass is 32.2. The molecule has 1 saturated heterocycles. The van der Waals surface area contributed by atoms with Crippen molar-refractivity contribution in [3.63, 3.8) is 0 Å². The molecule has 3 rings (SSSR count). The van der Waals surface area contributed by atoms with E-state index in [1.165, 1.54) is 22.7 Å². The van der Waals surface area contributed by atoms with Gasteiger partial charge in [-0.15, -0.1) is 0 Å². The molecule has 1 aliphatic rings. The molecule has 1 fully saturated rings. The van der Waals surface area contributed by atoms with E-state index in [0.717, 1.165) is 31.5 Å². The molecule has 5 nitrogen and oxygen atoms in total. The zero-order valence-electron chi connectivity index (χ0n) is 15.5. The Labute approximate surface area is 162 Å². The first kappa shape index (κ1) is 20.9. The third-order valence-electron chi connectivity index (χ3n) is 4.93. The van der Waals surface area contributed by atoms with Gasteiger partial charge in [-0.2, -0.15) is 13.2 Å². The summed E-state index contributed by atoms with van der Waals surface area (Å²) < 4.78 is 68.2. The first-order valence-electron chi connectivity index (χ1n) is 9.05. The van der Waals surface area contributed by atoms with E-state index in [1.807, 2.05) is 0 Å². The molecule has 0 bridgehead atoms. The van der Waals surface area contributed by atoms with Crippen molar-refractivity contribution < 1.29 is 26.0 Å². The molecule has 0 saturated carbocycles. The molecule has 2 heterocycles. The second kappa shape index (κ2) is 8.26. The monoisotopic (exact) mass is 416 g/mol. The molecular formula is C19H23F3N2O3S. The normalized spacial score (nSPS) is 17.1. The third-order valence-corrected chi connectivity index (χ3v) is 6.24. The number of nitrogens with zero attached hydrogens (tertiary/aromatic N) is 1. The molecule has 1 aromatic carbocycles. The molecule has 1 N–H and O–H groups in total. The van der Waals surface area contributed by atoms with Gasteiger partial charge in [0, 0.05) is 18.7 Å². The fourth-order valence-corrected chi connectivity index (χ4v) is 4.17. The molecule has 1 aromatic heterocycles. The summed E-state index contributed by atoms with van der Waals surface area (Å²) in [6, 6.07) is 8.41. The SMILES string of the molecule is CS(=O)(=O)N1CCC(CNCc2ccc(-c3ccc(C(F)(F)F)cc3)o2)CC1. The fourth-order valence-electron chi connectivity index (χ4n) is 3.30. The summed E-state index contributed by atoms with van der Waals surface area (Å²) >= 11 is 0. The lowest BCUT2D eigenvalue weighted by Gasteiger charge is -2.30. The van der Waals surface area contributed by atoms with Crippen molar-refractivity contribution in [1.29, 1.82) is 0 Å². The van der Waals surface area contributed by atoms with E-state index in [4.69, 9.17) is 4.42 Å². The zero-order valence-corrected chi connectivity index (χ0v) is 16.3. The van der Waals surface area contributed by atoms with Crippen molar-refractivity contribution in [3.8, 4) is 11.3 Å². The molecular weight excluding hydrogens is 393 g/mol. The fraction of sp³-hybridized carbons (Fsp3) is 0.474. The predicted octanol–water partition coefficient (Wildman–Crippen LogP) is 3.73. The Morgan fingerprint density at radius 1 is 1.11 bits per heavy atom. The van der Waals surface area contributed by atoms with Crippen LogP contribution >= 0.6 is 0 Å². The number of alkyl halides is 3. The van der Waals surface area contributed by atoms with Crippen LogP contribution in [0.1, 0.15) is 24.2 Å². The van der Waals surface area contributed by atoms with Crippen LogP contribution in [0.25, 0.3) is 11.3 Å². The summed E-state index contributed by atoms with van der Waals surface area (Å²) in [6.45, 7) is 2.36. The van der Waals surface area contributed by atoms with Gasteiger partial charge in [0.2, 0.25) is 10.0 Å². The lowest BCUT2D eigenvalue weighted by Crippen LogP contribution is -2.40. The highest BCUT2D eigenvalue weighted by Gasteiger charge is 2.30. The topological polar surface area (TPSA) is 62.6 Å². The second-order valence-electron chi connectivity index (χ2n) is 7.08. The number of hydrogen-bond acceptors (Lipinski definition) is 4. The molecule has 28 heavy (non-hydrogen) atoms. The van der Waals surface area contributed by atoms with Gasteiger partial charge in [0.25, 0.3) is 0 Å². The van der Waals surface area contributed by atoms with Crippen LogP contribution in [0.4, 0.5) is 13.2 Å². The van der Waals surface area contributed by atoms with Crippen molar-refractivity contribution in [1.82, 2.24) is 9.62 Å². The lowest BCUT2D eigenvalue weighted by molar-refractivity contribution is -0.137. The average Bonchev–Trinajstić information content (AvgIpc) is 3.10. The largest absolute Gasteiger partial charge is 0.460 e. The standard InChI is InChI=1S/C19H23F3N2O3S/c1-28(25,26)24-10-8-14(9-11-24)12-23-13-17-6-7-18(27-17)15-2-4-16(5-3-15)19(20,21)22/h2-7,14,23H,8-13H2,1H3. The number of hydrogen-bond donors (Lipinski definition) is 1. The first-order chi connectivity index (χ1) is 13.1. The van der Waals surface area contributed by atoms with Crippen molar-refractivity contribution in [3.05, 3.63) is 47.7 Å². The van der Waals surface area contributed by atoms with Gasteiger partial charge >= 0.3 is 6.18 Å². The van der Waals surface area contributed by atoms with Gasteiger partial charge in [-0.05, 0) is 49.6 Å². The minimum Gasteiger partial charge on any atom is -0.460 e. The second-order valence-corrected chi connectivity index (χ2v) is 9.06. The number of halogens is 3. The maximum atomic E-state index is 12.6. The smallest absolute Gasteiger partial charge is 0.416 e. The van der Waals surface area contributed by atoms with Crippen LogP contribution in [-0.4, -0.2) is 38.6 Å². The maximum absolute atomic E-state index is 12.6. The molecule has 1 aliphatic heterocycles. The van der Waals surface area contributed by atoms with Crippen LogP contribution in [0.3, 0.4) is 0 Å². The summed E-state index contributed by atoms with van der Waals surface area (Å²) in [5.41, 5.74) is -0.0981. The molecule has 0 spiro atoms. The van der Waals surface area contributed by atoms with Gasteiger partial charge < -0.3 is 9.73 Å². The van der Waals surface area contributed by atoms with Crippen molar-refractivity contribution in [2.75, 3.05) is 25.9 Å². The number of nitrogens with one attached hydrogen (secondary N) is 1. The van der Waals surface area contributed by atoms with Crippen LogP contribution in [0.15, 0.2) is 40.8 Å². The Bertz CT molecular complexity index is 884. The van der Waals surface area contributed by atoms with Crippen LogP contribution in [0, 0.1) is 5.92 Å². The van der Waals surface area contributed by atoms with Crippen LogP contribution in [-0.2, 0) is 22.7 Å². The molecule has 0 aliphatic carbocycles. The number of benzene rings is 1. The van der Waals surface area contributed by atoms with E-state index in [9.17, 15) is 21.6 Å². The molecule has 2 aromatic rings. The van der Waals surface area contributed by atoms with Gasteiger partial charge in [0.15, 0.2) is 0 Å². The van der Waals surface area contributed by atoms with E-state index < -0.39 is 21.8 Å². The Morgan fingerprint density at radius 2 is 1.75 bits per heavy atom. The summed E-state index contributed by atoms with van der Waals surface area (Å²) in [6.07, 6.45) is -1.49. The highest BCUT2D eigenvalue weighted by Crippen LogP contribution is 2.31. The summed E-state index contributed by atoms with van der Waals surface area (Å²) in [7, 11) is -3.11. The van der Waals surface area contributed by atoms with Crippen LogP contribution in [0.2, 0.25) is 0 Å². The van der Waals surface area contributed by atoms with E-state index in [0.29, 0.717) is 42.6 Å². The summed E-state index contributed by atoms with van der Waals surface area (Å²) in [4.78, 5) is 0. The van der Waals surface area contributed by atoms with Gasteiger partial charge in [-0.1, -0.05) is 12.1 Å². The Morgan fingerprint density at radius 3 is 2.32 bits per heavy atom. The molecule has 9 heteroatoms. The zero-order chi connectivity index (χ0) is 20.4. The predicted molar refractivity (Wildman–Crippen MR) is 100.0 cm³/mol. The Balaban J connectivity index is 1.48. The van der Waals surface area contributed by atoms with E-state index >= 15 is 0 Å². The van der Waals surface area contributed by atoms with E-state index in [-0.39, 0.29) is 0 Å². The molecule has 154 valence electrons. The van der Waals surface area contributed by atoms with Crippen molar-refractivity contribution >= 4 is 10.0 Å². The molecule has 0 radical (unpaired) electrons. The summed E-state index contributed by atoms with van der Waals surface area (Å²) in [5.74, 6) is 1.62. The quantitative estimate of drug-likeness (QED) is 0.780. The van der Waals surface area contributed by atoms with Crippen LogP contribution < -0.4 is 5.32 Å². The maximum Gasteiger partial charge on any atom is 0.416 e. The average molecular weight is 416 g/mol. The molecule has 0 atom stereocenters. The minimum atomic E-state index is -4.35. The van der Waals surface area contributed by atoms with Crippen molar-refractivity contribution in [2.45, 2.75) is 25.6 Å². The highest BCUT2D eigenvalue weighted by molar-refractivity contribution is 7.88.